The lowest BCUT2D eigenvalue weighted by molar-refractivity contribution is -0.117. The van der Waals surface area contributed by atoms with Crippen molar-refractivity contribution in [1.82, 2.24) is 25.5 Å². The molecule has 1 spiro atoms. The minimum Gasteiger partial charge on any atom is -0.384 e. The number of nitrogens with zero attached hydrogens (tertiary/aromatic N) is 3. The average molecular weight is 348 g/mol. The molecule has 0 radical (unpaired) electrons. The number of carbonyl (C=O) groups excluding carboxylic acids is 1. The Morgan fingerprint density at radius 1 is 1.33 bits per heavy atom. The number of nitrogen functional groups attached to an aromatic ring is 1. The molecule has 8 nitrogen and oxygen atoms in total. The number of rotatable bonds is 2. The molecule has 4 rings (SSSR count). The van der Waals surface area contributed by atoms with Crippen molar-refractivity contribution in [3.05, 3.63) is 34.9 Å². The maximum atomic E-state index is 12.4. The molecule has 3 aliphatic heterocycles. The molecule has 3 aliphatic rings. The highest BCUT2D eigenvalue weighted by molar-refractivity contribution is 6.33. The maximum Gasteiger partial charge on any atom is 0.271 e. The van der Waals surface area contributed by atoms with Gasteiger partial charge < -0.3 is 26.6 Å². The predicted octanol–water partition coefficient (Wildman–Crippen LogP) is 0.330. The molecule has 0 saturated carbocycles. The normalized spacial score (nSPS) is 22.3. The molecule has 0 atom stereocenters. The second-order valence-corrected chi connectivity index (χ2v) is 6.55. The van der Waals surface area contributed by atoms with E-state index >= 15 is 0 Å². The van der Waals surface area contributed by atoms with E-state index in [9.17, 15) is 4.79 Å². The quantitative estimate of drug-likeness (QED) is 0.610. The summed E-state index contributed by atoms with van der Waals surface area (Å²) in [4.78, 5) is 22.5. The molecule has 0 bridgehead atoms. The highest BCUT2D eigenvalue weighted by Crippen LogP contribution is 2.38. The number of amides is 1. The van der Waals surface area contributed by atoms with Crippen molar-refractivity contribution in [1.29, 1.82) is 0 Å². The number of hydrogen-bond acceptors (Lipinski definition) is 7. The first-order valence-electron chi connectivity index (χ1n) is 7.83. The zero-order valence-electron chi connectivity index (χ0n) is 13.0. The molecule has 9 heteroatoms. The van der Waals surface area contributed by atoms with Gasteiger partial charge in [0, 0.05) is 24.6 Å². The molecular formula is C15H18ClN7O. The number of nitrogens with one attached hydrogen (secondary N) is 3. The summed E-state index contributed by atoms with van der Waals surface area (Å²) < 4.78 is 0. The van der Waals surface area contributed by atoms with Gasteiger partial charge in [-0.05, 0) is 19.2 Å². The van der Waals surface area contributed by atoms with Gasteiger partial charge in [-0.15, -0.1) is 0 Å². The van der Waals surface area contributed by atoms with E-state index in [2.05, 4.69) is 30.8 Å². The van der Waals surface area contributed by atoms with Gasteiger partial charge in [-0.25, -0.2) is 9.97 Å². The number of carbonyl (C=O) groups is 1. The van der Waals surface area contributed by atoms with Crippen LogP contribution in [0.15, 0.2) is 34.9 Å². The molecule has 4 heterocycles. The predicted molar refractivity (Wildman–Crippen MR) is 90.7 cm³/mol. The second-order valence-electron chi connectivity index (χ2n) is 6.14. The highest BCUT2D eigenvalue weighted by atomic mass is 35.5. The van der Waals surface area contributed by atoms with Gasteiger partial charge in [0.2, 0.25) is 0 Å². The Morgan fingerprint density at radius 3 is 2.88 bits per heavy atom. The van der Waals surface area contributed by atoms with Crippen LogP contribution >= 0.6 is 11.6 Å². The Kier molecular flexibility index (Phi) is 3.58. The van der Waals surface area contributed by atoms with Gasteiger partial charge in [-0.3, -0.25) is 4.79 Å². The van der Waals surface area contributed by atoms with Crippen molar-refractivity contribution in [3.63, 3.8) is 0 Å². The van der Waals surface area contributed by atoms with Gasteiger partial charge in [0.25, 0.3) is 5.91 Å². The zero-order valence-corrected chi connectivity index (χ0v) is 13.7. The Hall–Kier alpha value is -2.32. The van der Waals surface area contributed by atoms with Crippen LogP contribution in [0.3, 0.4) is 0 Å². The first-order valence-corrected chi connectivity index (χ1v) is 8.21. The van der Waals surface area contributed by atoms with Crippen LogP contribution in [0.1, 0.15) is 12.8 Å². The largest absolute Gasteiger partial charge is 0.384 e. The van der Waals surface area contributed by atoms with Crippen LogP contribution in [0, 0.1) is 0 Å². The van der Waals surface area contributed by atoms with E-state index in [0.717, 1.165) is 31.6 Å². The van der Waals surface area contributed by atoms with Crippen molar-refractivity contribution in [2.75, 3.05) is 30.7 Å². The first kappa shape index (κ1) is 15.2. The van der Waals surface area contributed by atoms with Crippen molar-refractivity contribution >= 4 is 29.1 Å². The van der Waals surface area contributed by atoms with E-state index in [-0.39, 0.29) is 11.6 Å². The van der Waals surface area contributed by atoms with Crippen LogP contribution < -0.4 is 21.7 Å². The van der Waals surface area contributed by atoms with Crippen molar-refractivity contribution in [3.8, 4) is 0 Å². The summed E-state index contributed by atoms with van der Waals surface area (Å²) in [6.07, 6.45) is 4.84. The van der Waals surface area contributed by atoms with E-state index in [4.69, 9.17) is 17.3 Å². The number of aromatic nitrogens is 2. The molecule has 0 aliphatic carbocycles. The lowest BCUT2D eigenvalue weighted by Gasteiger charge is -2.43. The van der Waals surface area contributed by atoms with Gasteiger partial charge in [-0.1, -0.05) is 11.6 Å². The molecule has 5 N–H and O–H groups in total. The SMILES string of the molecule is Nc1cc(NC2=CC(Cl)=C3C(=O)NC4(CCNCC4)N3C2)ncn1. The summed E-state index contributed by atoms with van der Waals surface area (Å²) in [5, 5.41) is 10.1. The third kappa shape index (κ3) is 2.47. The van der Waals surface area contributed by atoms with Gasteiger partial charge in [0.05, 0.1) is 11.6 Å². The Labute approximate surface area is 144 Å². The molecule has 1 amide bonds. The molecule has 2 saturated heterocycles. The number of hydrogen-bond donors (Lipinski definition) is 4. The highest BCUT2D eigenvalue weighted by Gasteiger charge is 2.49. The summed E-state index contributed by atoms with van der Waals surface area (Å²) in [7, 11) is 0. The lowest BCUT2D eigenvalue weighted by Crippen LogP contribution is -2.58. The summed E-state index contributed by atoms with van der Waals surface area (Å²) in [6, 6.07) is 1.65. The molecule has 0 unspecified atom stereocenters. The van der Waals surface area contributed by atoms with Crippen molar-refractivity contribution in [2.24, 2.45) is 0 Å². The van der Waals surface area contributed by atoms with Crippen molar-refractivity contribution < 1.29 is 4.79 Å². The minimum absolute atomic E-state index is 0.108. The first-order chi connectivity index (χ1) is 11.6. The standard InChI is InChI=1S/C15H18ClN7O/c16-10-5-9(21-12-6-11(17)19-8-20-12)7-23-13(10)14(24)22-15(23)1-3-18-4-2-15/h5-6,8,18H,1-4,7H2,(H,22,24)(H3,17,19,20,21). The van der Waals surface area contributed by atoms with Crippen LogP contribution in [-0.4, -0.2) is 46.1 Å². The van der Waals surface area contributed by atoms with Crippen LogP contribution in [0.5, 0.6) is 0 Å². The van der Waals surface area contributed by atoms with Crippen molar-refractivity contribution in [2.45, 2.75) is 18.5 Å². The maximum absolute atomic E-state index is 12.4. The van der Waals surface area contributed by atoms with Crippen LogP contribution in [0.4, 0.5) is 11.6 Å². The molecule has 24 heavy (non-hydrogen) atoms. The van der Waals surface area contributed by atoms with E-state index in [0.29, 0.717) is 28.9 Å². The van der Waals surface area contributed by atoms with E-state index in [1.807, 2.05) is 0 Å². The number of piperidine rings is 1. The molecule has 126 valence electrons. The van der Waals surface area contributed by atoms with Gasteiger partial charge >= 0.3 is 0 Å². The van der Waals surface area contributed by atoms with Gasteiger partial charge in [0.1, 0.15) is 29.3 Å². The lowest BCUT2D eigenvalue weighted by atomic mass is 9.96. The smallest absolute Gasteiger partial charge is 0.271 e. The molecule has 0 aromatic carbocycles. The monoisotopic (exact) mass is 347 g/mol. The molecular weight excluding hydrogens is 330 g/mol. The number of anilines is 2. The van der Waals surface area contributed by atoms with E-state index in [1.165, 1.54) is 6.33 Å². The molecule has 1 aromatic rings. The fraction of sp³-hybridized carbons (Fsp3) is 0.400. The topological polar surface area (TPSA) is 108 Å². The number of fused-ring (bicyclic) bond motifs is 2. The Morgan fingerprint density at radius 2 is 2.12 bits per heavy atom. The van der Waals surface area contributed by atoms with Gasteiger partial charge in [0.15, 0.2) is 0 Å². The summed E-state index contributed by atoms with van der Waals surface area (Å²) in [5.74, 6) is 0.877. The van der Waals surface area contributed by atoms with Crippen LogP contribution in [0.25, 0.3) is 0 Å². The zero-order chi connectivity index (χ0) is 16.7. The molecule has 1 aromatic heterocycles. The molecule has 2 fully saturated rings. The van der Waals surface area contributed by atoms with E-state index < -0.39 is 0 Å². The summed E-state index contributed by atoms with van der Waals surface area (Å²) in [6.45, 7) is 2.27. The van der Waals surface area contributed by atoms with E-state index in [1.54, 1.807) is 12.1 Å². The second kappa shape index (κ2) is 5.64. The van der Waals surface area contributed by atoms with Crippen LogP contribution in [-0.2, 0) is 4.79 Å². The number of halogens is 1. The minimum atomic E-state index is -0.371. The fourth-order valence-corrected chi connectivity index (χ4v) is 3.82. The number of nitrogens with two attached hydrogens (primary N) is 1. The third-order valence-electron chi connectivity index (χ3n) is 4.61. The fourth-order valence-electron chi connectivity index (χ4n) is 3.50. The Balaban J connectivity index is 1.64. The average Bonchev–Trinajstić information content (AvgIpc) is 2.80. The number of allylic oxidation sites excluding steroid dienone is 2. The van der Waals surface area contributed by atoms with Crippen LogP contribution in [0.2, 0.25) is 0 Å². The third-order valence-corrected chi connectivity index (χ3v) is 4.90. The van der Waals surface area contributed by atoms with Gasteiger partial charge in [-0.2, -0.15) is 0 Å². The Bertz CT molecular complexity index is 754. The summed E-state index contributed by atoms with van der Waals surface area (Å²) in [5.41, 5.74) is 6.72. The summed E-state index contributed by atoms with van der Waals surface area (Å²) >= 11 is 6.39.